The van der Waals surface area contributed by atoms with Gasteiger partial charge in [-0.05, 0) is 42.8 Å². The molecule has 0 radical (unpaired) electrons. The highest BCUT2D eigenvalue weighted by Crippen LogP contribution is 2.26. The van der Waals surface area contributed by atoms with E-state index in [1.165, 1.54) is 12.0 Å². The molecule has 1 saturated heterocycles. The zero-order valence-corrected chi connectivity index (χ0v) is 15.6. The molecular weight excluding hydrogens is 362 g/mol. The van der Waals surface area contributed by atoms with Crippen molar-refractivity contribution in [3.8, 4) is 5.75 Å². The van der Waals surface area contributed by atoms with Crippen molar-refractivity contribution in [2.24, 2.45) is 0 Å². The third-order valence-corrected chi connectivity index (χ3v) is 4.76. The number of nitrogens with zero attached hydrogens (tertiary/aromatic N) is 1. The van der Waals surface area contributed by atoms with Crippen LogP contribution in [0.5, 0.6) is 5.75 Å². The fraction of sp³-hybridized carbons (Fsp3) is 0.286. The Kier molecular flexibility index (Phi) is 5.63. The quantitative estimate of drug-likeness (QED) is 0.798. The molecule has 28 heavy (non-hydrogen) atoms. The van der Waals surface area contributed by atoms with Crippen LogP contribution < -0.4 is 4.74 Å². The minimum Gasteiger partial charge on any atom is -0.488 e. The monoisotopic (exact) mass is 383 g/mol. The van der Waals surface area contributed by atoms with Crippen molar-refractivity contribution in [2.75, 3.05) is 13.7 Å². The zero-order valence-electron chi connectivity index (χ0n) is 15.6. The Bertz CT molecular complexity index is 892. The molecule has 1 heterocycles. The van der Waals surface area contributed by atoms with Crippen molar-refractivity contribution in [2.45, 2.75) is 25.5 Å². The number of aliphatic carboxylic acids is 1. The second-order valence-corrected chi connectivity index (χ2v) is 6.62. The molecule has 1 N–H and O–H groups in total. The summed E-state index contributed by atoms with van der Waals surface area (Å²) in [6.07, 6.45) is -0.274. The first-order valence-electron chi connectivity index (χ1n) is 8.85. The Morgan fingerprint density at radius 1 is 1.07 bits per heavy atom. The largest absolute Gasteiger partial charge is 0.488 e. The molecule has 7 nitrogen and oxygen atoms in total. The van der Waals surface area contributed by atoms with Crippen LogP contribution in [0.4, 0.5) is 0 Å². The van der Waals surface area contributed by atoms with Crippen LogP contribution in [0.1, 0.15) is 32.7 Å². The van der Waals surface area contributed by atoms with Crippen molar-refractivity contribution in [1.29, 1.82) is 0 Å². The van der Waals surface area contributed by atoms with E-state index in [-0.39, 0.29) is 18.9 Å². The number of carboxylic acids is 1. The fourth-order valence-corrected chi connectivity index (χ4v) is 3.29. The van der Waals surface area contributed by atoms with E-state index in [2.05, 4.69) is 4.74 Å². The van der Waals surface area contributed by atoms with Gasteiger partial charge in [-0.25, -0.2) is 9.59 Å². The number of rotatable bonds is 5. The summed E-state index contributed by atoms with van der Waals surface area (Å²) < 4.78 is 10.5. The molecule has 2 aromatic rings. The summed E-state index contributed by atoms with van der Waals surface area (Å²) in [7, 11) is 1.30. The summed E-state index contributed by atoms with van der Waals surface area (Å²) in [4.78, 5) is 37.4. The SMILES string of the molecule is COC(=O)c1ccc(O[C@H]2C[C@@H](C(=O)O)N(C(=O)c3ccccc3C)C2)cc1. The molecule has 0 aliphatic carbocycles. The molecule has 1 fully saturated rings. The standard InChI is InChI=1S/C21H21NO6/c1-13-5-3-4-6-17(13)19(23)22-12-16(11-18(22)20(24)25)28-15-9-7-14(8-10-15)21(26)27-2/h3-10,16,18H,11-12H2,1-2H3,(H,24,25)/t16-,18-/m0/s1. The molecule has 0 saturated carbocycles. The number of hydrogen-bond acceptors (Lipinski definition) is 5. The average molecular weight is 383 g/mol. The summed E-state index contributed by atoms with van der Waals surface area (Å²) in [5.41, 5.74) is 1.66. The van der Waals surface area contributed by atoms with E-state index in [9.17, 15) is 19.5 Å². The lowest BCUT2D eigenvalue weighted by Gasteiger charge is -2.22. The van der Waals surface area contributed by atoms with Crippen LogP contribution in [-0.4, -0.2) is 53.7 Å². The molecule has 0 unspecified atom stereocenters. The molecule has 1 aliphatic rings. The number of benzene rings is 2. The topological polar surface area (TPSA) is 93.1 Å². The summed E-state index contributed by atoms with van der Waals surface area (Å²) in [6, 6.07) is 12.5. The summed E-state index contributed by atoms with van der Waals surface area (Å²) in [5, 5.41) is 9.56. The van der Waals surface area contributed by atoms with E-state index in [1.54, 1.807) is 36.4 Å². The molecule has 7 heteroatoms. The molecular formula is C21H21NO6. The third kappa shape index (κ3) is 3.98. The lowest BCUT2D eigenvalue weighted by atomic mass is 10.1. The van der Waals surface area contributed by atoms with Gasteiger partial charge >= 0.3 is 11.9 Å². The zero-order chi connectivity index (χ0) is 20.3. The highest BCUT2D eigenvalue weighted by atomic mass is 16.5. The Labute approximate surface area is 162 Å². The van der Waals surface area contributed by atoms with Gasteiger partial charge in [-0.2, -0.15) is 0 Å². The summed E-state index contributed by atoms with van der Waals surface area (Å²) in [6.45, 7) is 1.98. The smallest absolute Gasteiger partial charge is 0.337 e. The van der Waals surface area contributed by atoms with Gasteiger partial charge < -0.3 is 19.5 Å². The van der Waals surface area contributed by atoms with Gasteiger partial charge in [-0.1, -0.05) is 18.2 Å². The van der Waals surface area contributed by atoms with Gasteiger partial charge in [0.05, 0.1) is 19.2 Å². The number of hydrogen-bond donors (Lipinski definition) is 1. The number of amides is 1. The van der Waals surface area contributed by atoms with Crippen LogP contribution >= 0.6 is 0 Å². The van der Waals surface area contributed by atoms with Crippen molar-refractivity contribution >= 4 is 17.8 Å². The first kappa shape index (κ1) is 19.4. The Morgan fingerprint density at radius 3 is 2.36 bits per heavy atom. The summed E-state index contributed by atoms with van der Waals surface area (Å²) in [5.74, 6) is -1.34. The van der Waals surface area contributed by atoms with Gasteiger partial charge in [0.2, 0.25) is 0 Å². The normalized spacial score (nSPS) is 18.6. The van der Waals surface area contributed by atoms with Gasteiger partial charge in [0.15, 0.2) is 0 Å². The number of carbonyl (C=O) groups excluding carboxylic acids is 2. The lowest BCUT2D eigenvalue weighted by molar-refractivity contribution is -0.141. The van der Waals surface area contributed by atoms with Crippen LogP contribution in [0.2, 0.25) is 0 Å². The first-order valence-corrected chi connectivity index (χ1v) is 8.85. The first-order chi connectivity index (χ1) is 13.4. The van der Waals surface area contributed by atoms with Gasteiger partial charge in [-0.3, -0.25) is 4.79 Å². The number of likely N-dealkylation sites (tertiary alicyclic amines) is 1. The second kappa shape index (κ2) is 8.12. The van der Waals surface area contributed by atoms with Crippen molar-refractivity contribution in [1.82, 2.24) is 4.90 Å². The minimum atomic E-state index is -1.06. The number of methoxy groups -OCH3 is 1. The van der Waals surface area contributed by atoms with E-state index in [4.69, 9.17) is 4.74 Å². The van der Waals surface area contributed by atoms with Crippen molar-refractivity contribution in [3.63, 3.8) is 0 Å². The minimum absolute atomic E-state index is 0.170. The highest BCUT2D eigenvalue weighted by Gasteiger charge is 2.41. The van der Waals surface area contributed by atoms with E-state index in [0.29, 0.717) is 16.9 Å². The maximum absolute atomic E-state index is 12.9. The Balaban J connectivity index is 1.75. The number of esters is 1. The van der Waals surface area contributed by atoms with Crippen molar-refractivity contribution < 1.29 is 29.0 Å². The fourth-order valence-electron chi connectivity index (χ4n) is 3.29. The van der Waals surface area contributed by atoms with Crippen LogP contribution in [-0.2, 0) is 9.53 Å². The molecule has 1 amide bonds. The maximum atomic E-state index is 12.9. The molecule has 3 rings (SSSR count). The lowest BCUT2D eigenvalue weighted by Crippen LogP contribution is -2.40. The molecule has 0 bridgehead atoms. The van der Waals surface area contributed by atoms with Crippen molar-refractivity contribution in [3.05, 3.63) is 65.2 Å². The van der Waals surface area contributed by atoms with E-state index in [0.717, 1.165) is 5.56 Å². The molecule has 146 valence electrons. The maximum Gasteiger partial charge on any atom is 0.337 e. The number of aryl methyl sites for hydroxylation is 1. The number of carboxylic acid groups (broad SMARTS) is 1. The van der Waals surface area contributed by atoms with Crippen LogP contribution in [0.25, 0.3) is 0 Å². The predicted molar refractivity (Wildman–Crippen MR) is 100 cm³/mol. The van der Waals surface area contributed by atoms with E-state index < -0.39 is 24.1 Å². The average Bonchev–Trinajstić information content (AvgIpc) is 3.12. The van der Waals surface area contributed by atoms with Gasteiger partial charge in [0, 0.05) is 12.0 Å². The molecule has 0 spiro atoms. The number of ether oxygens (including phenoxy) is 2. The van der Waals surface area contributed by atoms with Gasteiger partial charge in [-0.15, -0.1) is 0 Å². The Hall–Kier alpha value is -3.35. The van der Waals surface area contributed by atoms with Gasteiger partial charge in [0.1, 0.15) is 17.9 Å². The molecule has 2 aromatic carbocycles. The van der Waals surface area contributed by atoms with E-state index >= 15 is 0 Å². The Morgan fingerprint density at radius 2 is 1.75 bits per heavy atom. The number of carbonyl (C=O) groups is 3. The van der Waals surface area contributed by atoms with Gasteiger partial charge in [0.25, 0.3) is 5.91 Å². The van der Waals surface area contributed by atoms with Crippen LogP contribution in [0.15, 0.2) is 48.5 Å². The summed E-state index contributed by atoms with van der Waals surface area (Å²) >= 11 is 0. The predicted octanol–water partition coefficient (Wildman–Crippen LogP) is 2.53. The van der Waals surface area contributed by atoms with E-state index in [1.807, 2.05) is 19.1 Å². The van der Waals surface area contributed by atoms with Crippen LogP contribution in [0, 0.1) is 6.92 Å². The van der Waals surface area contributed by atoms with Crippen LogP contribution in [0.3, 0.4) is 0 Å². The highest BCUT2D eigenvalue weighted by molar-refractivity contribution is 5.98. The molecule has 1 aliphatic heterocycles. The third-order valence-electron chi connectivity index (χ3n) is 4.76. The molecule has 0 aromatic heterocycles. The molecule has 2 atom stereocenters. The second-order valence-electron chi connectivity index (χ2n) is 6.62.